The molecule has 2 rings (SSSR count). The lowest BCUT2D eigenvalue weighted by Gasteiger charge is -2.30. The highest BCUT2D eigenvalue weighted by atomic mass is 32.2. The first-order valence-electron chi connectivity index (χ1n) is 7.50. The molecule has 1 fully saturated rings. The van der Waals surface area contributed by atoms with Gasteiger partial charge in [-0.3, -0.25) is 0 Å². The number of carboxylic acids is 1. The molecule has 1 aromatic carbocycles. The van der Waals surface area contributed by atoms with Crippen LogP contribution in [0, 0.1) is 5.92 Å². The molecule has 1 aliphatic heterocycles. The number of aliphatic hydroxyl groups excluding tert-OH is 1. The van der Waals surface area contributed by atoms with E-state index in [1.54, 1.807) is 12.3 Å². The lowest BCUT2D eigenvalue weighted by Crippen LogP contribution is -2.33. The number of hydrogen-bond donors (Lipinski definition) is 2. The fraction of sp³-hybridized carbons (Fsp3) is 0.438. The van der Waals surface area contributed by atoms with Crippen LogP contribution < -0.4 is 0 Å². The lowest BCUT2D eigenvalue weighted by molar-refractivity contribution is 0.0696. The van der Waals surface area contributed by atoms with E-state index in [1.165, 1.54) is 24.3 Å². The van der Waals surface area contributed by atoms with Crippen LogP contribution in [0.15, 0.2) is 41.4 Å². The van der Waals surface area contributed by atoms with Gasteiger partial charge in [-0.15, -0.1) is 0 Å². The average molecular weight is 339 g/mol. The summed E-state index contributed by atoms with van der Waals surface area (Å²) in [7, 11) is -3.56. The predicted molar refractivity (Wildman–Crippen MR) is 86.0 cm³/mol. The van der Waals surface area contributed by atoms with Gasteiger partial charge in [0, 0.05) is 19.7 Å². The van der Waals surface area contributed by atoms with Crippen molar-refractivity contribution in [1.29, 1.82) is 0 Å². The molecular weight excluding hydrogens is 318 g/mol. The summed E-state index contributed by atoms with van der Waals surface area (Å²) < 4.78 is 24.5. The summed E-state index contributed by atoms with van der Waals surface area (Å²) in [5.41, 5.74) is -0.0446. The Bertz CT molecular complexity index is 683. The van der Waals surface area contributed by atoms with Gasteiger partial charge in [0.05, 0.1) is 16.2 Å². The summed E-state index contributed by atoms with van der Waals surface area (Å²) in [6.07, 6.45) is 5.28. The largest absolute Gasteiger partial charge is 0.478 e. The minimum absolute atomic E-state index is 0.00827. The van der Waals surface area contributed by atoms with Crippen LogP contribution in [0.1, 0.15) is 23.2 Å². The second-order valence-electron chi connectivity index (χ2n) is 5.68. The molecule has 0 radical (unpaired) electrons. The maximum absolute atomic E-state index is 12.3. The molecule has 1 unspecified atom stereocenters. The maximum Gasteiger partial charge on any atom is 0.335 e. The molecule has 0 aliphatic carbocycles. The van der Waals surface area contributed by atoms with E-state index < -0.39 is 15.8 Å². The number of rotatable bonds is 6. The van der Waals surface area contributed by atoms with E-state index in [0.29, 0.717) is 0 Å². The maximum atomic E-state index is 12.3. The van der Waals surface area contributed by atoms with Crippen molar-refractivity contribution < 1.29 is 23.4 Å². The number of aliphatic hydroxyl groups is 1. The lowest BCUT2D eigenvalue weighted by atomic mass is 9.99. The van der Waals surface area contributed by atoms with E-state index in [2.05, 4.69) is 0 Å². The molecule has 2 N–H and O–H groups in total. The zero-order chi connectivity index (χ0) is 16.9. The molecule has 1 aromatic rings. The Morgan fingerprint density at radius 1 is 1.39 bits per heavy atom. The Morgan fingerprint density at radius 3 is 2.87 bits per heavy atom. The Balaban J connectivity index is 2.02. The quantitative estimate of drug-likeness (QED) is 0.813. The molecule has 1 atom stereocenters. The number of aromatic carboxylic acids is 1. The van der Waals surface area contributed by atoms with Crippen LogP contribution in [0.3, 0.4) is 0 Å². The van der Waals surface area contributed by atoms with Gasteiger partial charge in [-0.05, 0) is 43.2 Å². The van der Waals surface area contributed by atoms with E-state index in [9.17, 15) is 18.3 Å². The van der Waals surface area contributed by atoms with Crippen molar-refractivity contribution in [2.75, 3.05) is 25.4 Å². The minimum Gasteiger partial charge on any atom is -0.478 e. The summed E-state index contributed by atoms with van der Waals surface area (Å²) in [4.78, 5) is 12.9. The highest BCUT2D eigenvalue weighted by Gasteiger charge is 2.18. The molecule has 1 saturated heterocycles. The fourth-order valence-corrected chi connectivity index (χ4v) is 3.74. The Morgan fingerprint density at radius 2 is 2.17 bits per heavy atom. The molecule has 126 valence electrons. The summed E-state index contributed by atoms with van der Waals surface area (Å²) in [5.74, 6) is -1.10. The number of sulfone groups is 1. The zero-order valence-electron chi connectivity index (χ0n) is 12.8. The molecule has 0 bridgehead atoms. The molecule has 0 aromatic heterocycles. The van der Waals surface area contributed by atoms with Crippen molar-refractivity contribution in [1.82, 2.24) is 4.90 Å². The van der Waals surface area contributed by atoms with Crippen LogP contribution in [0.5, 0.6) is 0 Å². The van der Waals surface area contributed by atoms with Crippen LogP contribution in [0.2, 0.25) is 0 Å². The normalized spacial score (nSPS) is 19.2. The molecule has 6 nitrogen and oxygen atoms in total. The minimum atomic E-state index is -3.56. The van der Waals surface area contributed by atoms with Gasteiger partial charge in [0.2, 0.25) is 0 Å². The second-order valence-corrected chi connectivity index (χ2v) is 7.72. The third-order valence-corrected chi connectivity index (χ3v) is 5.48. The van der Waals surface area contributed by atoms with Gasteiger partial charge in [0.25, 0.3) is 0 Å². The molecule has 1 aliphatic rings. The second kappa shape index (κ2) is 7.61. The van der Waals surface area contributed by atoms with Crippen LogP contribution >= 0.6 is 0 Å². The van der Waals surface area contributed by atoms with Gasteiger partial charge in [0.15, 0.2) is 9.84 Å². The SMILES string of the molecule is O=C(O)c1cccc(S(=O)(=O)CC=CN2CCCC(CO)C2)c1. The number of likely N-dealkylation sites (tertiary alicyclic amines) is 1. The molecule has 1 heterocycles. The molecule has 0 saturated carbocycles. The third kappa shape index (κ3) is 4.80. The van der Waals surface area contributed by atoms with Crippen molar-refractivity contribution in [3.8, 4) is 0 Å². The fourth-order valence-electron chi connectivity index (χ4n) is 2.62. The van der Waals surface area contributed by atoms with E-state index in [4.69, 9.17) is 5.11 Å². The predicted octanol–water partition coefficient (Wildman–Crippen LogP) is 1.38. The topological polar surface area (TPSA) is 94.9 Å². The van der Waals surface area contributed by atoms with Gasteiger partial charge < -0.3 is 15.1 Å². The van der Waals surface area contributed by atoms with Crippen molar-refractivity contribution in [2.45, 2.75) is 17.7 Å². The highest BCUT2D eigenvalue weighted by Crippen LogP contribution is 2.17. The van der Waals surface area contributed by atoms with Crippen molar-refractivity contribution in [3.05, 3.63) is 42.1 Å². The molecule has 23 heavy (non-hydrogen) atoms. The van der Waals surface area contributed by atoms with Crippen molar-refractivity contribution in [2.24, 2.45) is 5.92 Å². The van der Waals surface area contributed by atoms with E-state index in [1.807, 2.05) is 4.90 Å². The van der Waals surface area contributed by atoms with Crippen LogP contribution in [-0.2, 0) is 9.84 Å². The number of nitrogens with zero attached hydrogens (tertiary/aromatic N) is 1. The Kier molecular flexibility index (Phi) is 5.79. The van der Waals surface area contributed by atoms with Gasteiger partial charge >= 0.3 is 5.97 Å². The molecule has 7 heteroatoms. The number of carbonyl (C=O) groups is 1. The van der Waals surface area contributed by atoms with Crippen molar-refractivity contribution >= 4 is 15.8 Å². The molecule has 0 amide bonds. The summed E-state index contributed by atoms with van der Waals surface area (Å²) in [6, 6.07) is 5.36. The Hall–Kier alpha value is -1.86. The van der Waals surface area contributed by atoms with Gasteiger partial charge in [-0.25, -0.2) is 13.2 Å². The first-order valence-corrected chi connectivity index (χ1v) is 9.15. The number of carboxylic acid groups (broad SMARTS) is 1. The number of hydrogen-bond acceptors (Lipinski definition) is 5. The van der Waals surface area contributed by atoms with Crippen LogP contribution in [0.4, 0.5) is 0 Å². The van der Waals surface area contributed by atoms with Crippen LogP contribution in [0.25, 0.3) is 0 Å². The standard InChI is InChI=1S/C16H21NO5S/c18-12-13-4-2-7-17(11-13)8-3-9-23(21,22)15-6-1-5-14(10-15)16(19)20/h1,3,5-6,8,10,13,18H,2,4,7,9,11-12H2,(H,19,20). The first-order chi connectivity index (χ1) is 10.9. The molecular formula is C16H21NO5S. The van der Waals surface area contributed by atoms with E-state index >= 15 is 0 Å². The summed E-state index contributed by atoms with van der Waals surface area (Å²) in [5, 5.41) is 18.1. The number of piperidine rings is 1. The van der Waals surface area contributed by atoms with Gasteiger partial charge in [0.1, 0.15) is 0 Å². The van der Waals surface area contributed by atoms with E-state index in [0.717, 1.165) is 25.9 Å². The first kappa shape index (κ1) is 17.5. The smallest absolute Gasteiger partial charge is 0.335 e. The average Bonchev–Trinajstić information content (AvgIpc) is 2.55. The van der Waals surface area contributed by atoms with Gasteiger partial charge in [-0.2, -0.15) is 0 Å². The highest BCUT2D eigenvalue weighted by molar-refractivity contribution is 7.91. The van der Waals surface area contributed by atoms with Crippen LogP contribution in [-0.4, -0.2) is 54.9 Å². The summed E-state index contributed by atoms with van der Waals surface area (Å²) in [6.45, 7) is 1.72. The Labute approximate surface area is 136 Å². The number of benzene rings is 1. The third-order valence-electron chi connectivity index (χ3n) is 3.88. The monoisotopic (exact) mass is 339 g/mol. The van der Waals surface area contributed by atoms with E-state index in [-0.39, 0.29) is 28.7 Å². The molecule has 0 spiro atoms. The van der Waals surface area contributed by atoms with Crippen molar-refractivity contribution in [3.63, 3.8) is 0 Å². The van der Waals surface area contributed by atoms with Gasteiger partial charge in [-0.1, -0.05) is 12.1 Å². The summed E-state index contributed by atoms with van der Waals surface area (Å²) >= 11 is 0. The zero-order valence-corrected chi connectivity index (χ0v) is 13.6.